The van der Waals surface area contributed by atoms with E-state index in [1.165, 1.54) is 0 Å². The van der Waals surface area contributed by atoms with Gasteiger partial charge in [-0.1, -0.05) is 30.3 Å². The molecule has 0 aromatic heterocycles. The Kier molecular flexibility index (Phi) is 4.93. The molecule has 2 rings (SSSR count). The van der Waals surface area contributed by atoms with Crippen LogP contribution in [0.15, 0.2) is 30.3 Å². The van der Waals surface area contributed by atoms with E-state index in [0.717, 1.165) is 24.9 Å². The fraction of sp³-hybridized carbons (Fsp3) is 0.533. The number of rotatable bonds is 5. The molecule has 4 nitrogen and oxygen atoms in total. The second kappa shape index (κ2) is 6.68. The molecule has 2 N–H and O–H groups in total. The number of carbonyl (C=O) groups excluding carboxylic acids is 1. The minimum Gasteiger partial charge on any atom is -0.394 e. The van der Waals surface area contributed by atoms with Gasteiger partial charge in [0.05, 0.1) is 18.7 Å². The minimum atomic E-state index is -0.205. The SMILES string of the molecule is CN1CCC[C@H]1C(=O)N[C@@H](CO)Cc1ccccc1. The smallest absolute Gasteiger partial charge is 0.237 e. The highest BCUT2D eigenvalue weighted by Gasteiger charge is 2.28. The van der Waals surface area contributed by atoms with Gasteiger partial charge in [-0.3, -0.25) is 9.69 Å². The van der Waals surface area contributed by atoms with Crippen LogP contribution >= 0.6 is 0 Å². The van der Waals surface area contributed by atoms with E-state index in [1.807, 2.05) is 37.4 Å². The van der Waals surface area contributed by atoms with Crippen molar-refractivity contribution in [1.29, 1.82) is 0 Å². The molecule has 1 aliphatic rings. The molecular weight excluding hydrogens is 240 g/mol. The highest BCUT2D eigenvalue weighted by atomic mass is 16.3. The van der Waals surface area contributed by atoms with Crippen molar-refractivity contribution in [3.8, 4) is 0 Å². The Morgan fingerprint density at radius 2 is 2.21 bits per heavy atom. The molecule has 1 heterocycles. The molecule has 104 valence electrons. The lowest BCUT2D eigenvalue weighted by Crippen LogP contribution is -2.47. The Balaban J connectivity index is 1.90. The van der Waals surface area contributed by atoms with E-state index in [0.29, 0.717) is 6.42 Å². The zero-order chi connectivity index (χ0) is 13.7. The van der Waals surface area contributed by atoms with Crippen LogP contribution in [0.25, 0.3) is 0 Å². The van der Waals surface area contributed by atoms with Crippen molar-refractivity contribution < 1.29 is 9.90 Å². The third-order valence-electron chi connectivity index (χ3n) is 3.71. The normalized spacial score (nSPS) is 21.3. The maximum absolute atomic E-state index is 12.2. The van der Waals surface area contributed by atoms with Gasteiger partial charge in [0.2, 0.25) is 5.91 Å². The van der Waals surface area contributed by atoms with Gasteiger partial charge < -0.3 is 10.4 Å². The van der Waals surface area contributed by atoms with E-state index < -0.39 is 0 Å². The van der Waals surface area contributed by atoms with E-state index in [4.69, 9.17) is 0 Å². The second-order valence-corrected chi connectivity index (χ2v) is 5.22. The van der Waals surface area contributed by atoms with Crippen LogP contribution in [0.5, 0.6) is 0 Å². The highest BCUT2D eigenvalue weighted by Crippen LogP contribution is 2.15. The molecule has 0 saturated carbocycles. The van der Waals surface area contributed by atoms with Crippen LogP contribution in [0, 0.1) is 0 Å². The molecule has 1 aliphatic heterocycles. The number of benzene rings is 1. The number of aliphatic hydroxyl groups excluding tert-OH is 1. The van der Waals surface area contributed by atoms with Gasteiger partial charge in [0.1, 0.15) is 0 Å². The number of nitrogens with zero attached hydrogens (tertiary/aromatic N) is 1. The Hall–Kier alpha value is -1.39. The molecule has 2 atom stereocenters. The molecule has 1 amide bonds. The van der Waals surface area contributed by atoms with Gasteiger partial charge in [-0.15, -0.1) is 0 Å². The van der Waals surface area contributed by atoms with Crippen molar-refractivity contribution in [2.45, 2.75) is 31.3 Å². The second-order valence-electron chi connectivity index (χ2n) is 5.22. The quantitative estimate of drug-likeness (QED) is 0.825. The zero-order valence-electron chi connectivity index (χ0n) is 11.4. The summed E-state index contributed by atoms with van der Waals surface area (Å²) in [5, 5.41) is 12.4. The van der Waals surface area contributed by atoms with Crippen LogP contribution in [0.3, 0.4) is 0 Å². The Labute approximate surface area is 114 Å². The van der Waals surface area contributed by atoms with Crippen molar-refractivity contribution in [2.75, 3.05) is 20.2 Å². The average molecular weight is 262 g/mol. The van der Waals surface area contributed by atoms with E-state index in [1.54, 1.807) is 0 Å². The lowest BCUT2D eigenvalue weighted by atomic mass is 10.1. The summed E-state index contributed by atoms with van der Waals surface area (Å²) >= 11 is 0. The van der Waals surface area contributed by atoms with Crippen molar-refractivity contribution >= 4 is 5.91 Å². The van der Waals surface area contributed by atoms with Crippen LogP contribution in [-0.2, 0) is 11.2 Å². The molecule has 0 radical (unpaired) electrons. The third kappa shape index (κ3) is 3.78. The number of nitrogens with one attached hydrogen (secondary N) is 1. The standard InChI is InChI=1S/C15H22N2O2/c1-17-9-5-8-14(17)15(19)16-13(11-18)10-12-6-3-2-4-7-12/h2-4,6-7,13-14,18H,5,8-11H2,1H3,(H,16,19)/t13-,14+/m1/s1. The topological polar surface area (TPSA) is 52.6 Å². The van der Waals surface area contributed by atoms with E-state index in [9.17, 15) is 9.90 Å². The van der Waals surface area contributed by atoms with Crippen LogP contribution in [0.4, 0.5) is 0 Å². The van der Waals surface area contributed by atoms with E-state index in [2.05, 4.69) is 10.2 Å². The maximum atomic E-state index is 12.2. The molecule has 19 heavy (non-hydrogen) atoms. The van der Waals surface area contributed by atoms with Crippen molar-refractivity contribution in [1.82, 2.24) is 10.2 Å². The molecule has 4 heteroatoms. The summed E-state index contributed by atoms with van der Waals surface area (Å²) in [4.78, 5) is 14.2. The van der Waals surface area contributed by atoms with Crippen LogP contribution < -0.4 is 5.32 Å². The van der Waals surface area contributed by atoms with Crippen LogP contribution in [0.1, 0.15) is 18.4 Å². The summed E-state index contributed by atoms with van der Waals surface area (Å²) in [5.74, 6) is 0.0370. The predicted molar refractivity (Wildman–Crippen MR) is 74.8 cm³/mol. The van der Waals surface area contributed by atoms with E-state index in [-0.39, 0.29) is 24.6 Å². The summed E-state index contributed by atoms with van der Waals surface area (Å²) in [6.07, 6.45) is 2.64. The fourth-order valence-electron chi connectivity index (χ4n) is 2.60. The third-order valence-corrected chi connectivity index (χ3v) is 3.71. The summed E-state index contributed by atoms with van der Waals surface area (Å²) in [7, 11) is 1.97. The first kappa shape index (κ1) is 14.0. The number of aliphatic hydroxyl groups is 1. The first-order valence-electron chi connectivity index (χ1n) is 6.86. The first-order valence-corrected chi connectivity index (χ1v) is 6.86. The Bertz CT molecular complexity index is 408. The van der Waals surface area contributed by atoms with Crippen molar-refractivity contribution in [2.24, 2.45) is 0 Å². The molecule has 1 saturated heterocycles. The lowest BCUT2D eigenvalue weighted by molar-refractivity contribution is -0.126. The van der Waals surface area contributed by atoms with Gasteiger partial charge in [0.25, 0.3) is 0 Å². The lowest BCUT2D eigenvalue weighted by Gasteiger charge is -2.23. The maximum Gasteiger partial charge on any atom is 0.237 e. The van der Waals surface area contributed by atoms with Crippen LogP contribution in [0.2, 0.25) is 0 Å². The number of likely N-dealkylation sites (N-methyl/N-ethyl adjacent to an activating group) is 1. The van der Waals surface area contributed by atoms with Crippen molar-refractivity contribution in [3.63, 3.8) is 0 Å². The van der Waals surface area contributed by atoms with Crippen LogP contribution in [-0.4, -0.2) is 48.2 Å². The van der Waals surface area contributed by atoms with Gasteiger partial charge >= 0.3 is 0 Å². The number of hydrogen-bond acceptors (Lipinski definition) is 3. The number of likely N-dealkylation sites (tertiary alicyclic amines) is 1. The largest absolute Gasteiger partial charge is 0.394 e. The van der Waals surface area contributed by atoms with E-state index >= 15 is 0 Å². The highest BCUT2D eigenvalue weighted by molar-refractivity contribution is 5.82. The summed E-state index contributed by atoms with van der Waals surface area (Å²) in [6, 6.07) is 9.68. The molecule has 0 spiro atoms. The molecule has 1 aromatic carbocycles. The predicted octanol–water partition coefficient (Wildman–Crippen LogP) is 0.800. The van der Waals surface area contributed by atoms with Gasteiger partial charge in [0.15, 0.2) is 0 Å². The summed E-state index contributed by atoms with van der Waals surface area (Å²) in [6.45, 7) is 0.942. The van der Waals surface area contributed by atoms with Gasteiger partial charge in [-0.25, -0.2) is 0 Å². The molecule has 0 bridgehead atoms. The average Bonchev–Trinajstić information content (AvgIpc) is 2.85. The van der Waals surface area contributed by atoms with Gasteiger partial charge in [-0.05, 0) is 38.4 Å². The zero-order valence-corrected chi connectivity index (χ0v) is 11.4. The molecular formula is C15H22N2O2. The monoisotopic (exact) mass is 262 g/mol. The molecule has 1 aromatic rings. The number of hydrogen-bond donors (Lipinski definition) is 2. The molecule has 0 unspecified atom stereocenters. The van der Waals surface area contributed by atoms with Gasteiger partial charge in [-0.2, -0.15) is 0 Å². The number of amides is 1. The minimum absolute atomic E-state index is 0.0307. The molecule has 0 aliphatic carbocycles. The summed E-state index contributed by atoms with van der Waals surface area (Å²) < 4.78 is 0. The Morgan fingerprint density at radius 3 is 2.79 bits per heavy atom. The number of carbonyl (C=O) groups is 1. The van der Waals surface area contributed by atoms with Crippen molar-refractivity contribution in [3.05, 3.63) is 35.9 Å². The van der Waals surface area contributed by atoms with Gasteiger partial charge in [0, 0.05) is 0 Å². The fourth-order valence-corrected chi connectivity index (χ4v) is 2.60. The Morgan fingerprint density at radius 1 is 1.47 bits per heavy atom. The summed E-state index contributed by atoms with van der Waals surface area (Å²) in [5.41, 5.74) is 1.13. The molecule has 1 fully saturated rings. The first-order chi connectivity index (χ1) is 9.20.